The molecular formula is C11H11BrN2O2S. The fourth-order valence-electron chi connectivity index (χ4n) is 1.51. The number of halogens is 1. The lowest BCUT2D eigenvalue weighted by molar-refractivity contribution is -0.133. The number of aromatic amines is 1. The Morgan fingerprint density at radius 3 is 2.94 bits per heavy atom. The molecule has 0 saturated carbocycles. The third kappa shape index (κ3) is 2.47. The molecule has 0 bridgehead atoms. The summed E-state index contributed by atoms with van der Waals surface area (Å²) in [5.41, 5.74) is 4.09. The van der Waals surface area contributed by atoms with E-state index >= 15 is 0 Å². The first kappa shape index (κ1) is 12.4. The van der Waals surface area contributed by atoms with Crippen LogP contribution < -0.4 is 0 Å². The van der Waals surface area contributed by atoms with Crippen LogP contribution in [0.25, 0.3) is 11.0 Å². The molecule has 2 aromatic rings. The topological polar surface area (TPSA) is 66.0 Å². The van der Waals surface area contributed by atoms with Crippen molar-refractivity contribution in [3.05, 3.63) is 21.7 Å². The quantitative estimate of drug-likeness (QED) is 0.854. The van der Waals surface area contributed by atoms with Gasteiger partial charge in [-0.05, 0) is 47.0 Å². The third-order valence-corrected chi connectivity index (χ3v) is 4.36. The lowest BCUT2D eigenvalue weighted by Gasteiger charge is -2.02. The summed E-state index contributed by atoms with van der Waals surface area (Å²) in [4.78, 5) is 18.0. The molecule has 0 radical (unpaired) electrons. The smallest absolute Gasteiger partial charge is 0.313 e. The normalized spacial score (nSPS) is 11.0. The fourth-order valence-corrected chi connectivity index (χ4v) is 2.72. The van der Waals surface area contributed by atoms with Gasteiger partial charge in [0.25, 0.3) is 0 Å². The van der Waals surface area contributed by atoms with E-state index < -0.39 is 5.97 Å². The number of thioether (sulfide) groups is 1. The molecule has 2 rings (SSSR count). The summed E-state index contributed by atoms with van der Waals surface area (Å²) in [6, 6.07) is 2.02. The number of hydrogen-bond acceptors (Lipinski definition) is 3. The highest BCUT2D eigenvalue weighted by Crippen LogP contribution is 2.30. The van der Waals surface area contributed by atoms with Crippen LogP contribution in [0.1, 0.15) is 11.1 Å². The zero-order valence-corrected chi connectivity index (χ0v) is 11.8. The molecule has 2 N–H and O–H groups in total. The van der Waals surface area contributed by atoms with Gasteiger partial charge in [-0.1, -0.05) is 11.8 Å². The first-order valence-electron chi connectivity index (χ1n) is 4.99. The number of carboxylic acids is 1. The Morgan fingerprint density at radius 2 is 2.29 bits per heavy atom. The zero-order valence-electron chi connectivity index (χ0n) is 9.37. The standard InChI is InChI=1S/C11H11BrN2O2S/c1-5-3-7-10(9(12)6(5)2)14-11(13-7)17-4-8(15)16/h3H,4H2,1-2H3,(H,13,14)(H,15,16). The molecule has 0 amide bonds. The van der Waals surface area contributed by atoms with Crippen LogP contribution in [0.4, 0.5) is 0 Å². The largest absolute Gasteiger partial charge is 0.481 e. The number of hydrogen-bond donors (Lipinski definition) is 2. The Bertz CT molecular complexity index is 595. The van der Waals surface area contributed by atoms with Crippen LogP contribution >= 0.6 is 27.7 Å². The van der Waals surface area contributed by atoms with Crippen molar-refractivity contribution in [1.82, 2.24) is 9.97 Å². The minimum absolute atomic E-state index is 0.00933. The van der Waals surface area contributed by atoms with Crippen LogP contribution in [-0.4, -0.2) is 26.8 Å². The molecule has 17 heavy (non-hydrogen) atoms. The number of benzene rings is 1. The number of H-pyrrole nitrogens is 1. The fraction of sp³-hybridized carbons (Fsp3) is 0.273. The van der Waals surface area contributed by atoms with Crippen molar-refractivity contribution in [2.24, 2.45) is 0 Å². The van der Waals surface area contributed by atoms with Crippen molar-refractivity contribution >= 4 is 44.7 Å². The van der Waals surface area contributed by atoms with Gasteiger partial charge in [-0.3, -0.25) is 4.79 Å². The molecule has 1 aromatic carbocycles. The van der Waals surface area contributed by atoms with E-state index in [9.17, 15) is 4.79 Å². The highest BCUT2D eigenvalue weighted by molar-refractivity contribution is 9.10. The number of nitrogens with zero attached hydrogens (tertiary/aromatic N) is 1. The van der Waals surface area contributed by atoms with Gasteiger partial charge in [0.05, 0.1) is 11.3 Å². The molecule has 0 spiro atoms. The van der Waals surface area contributed by atoms with Gasteiger partial charge in [0.1, 0.15) is 5.52 Å². The van der Waals surface area contributed by atoms with Crippen LogP contribution in [0, 0.1) is 13.8 Å². The van der Waals surface area contributed by atoms with Gasteiger partial charge < -0.3 is 10.1 Å². The Morgan fingerprint density at radius 1 is 1.59 bits per heavy atom. The second-order valence-corrected chi connectivity index (χ2v) is 5.51. The van der Waals surface area contributed by atoms with Crippen molar-refractivity contribution in [2.75, 3.05) is 5.75 Å². The maximum absolute atomic E-state index is 10.5. The number of fused-ring (bicyclic) bond motifs is 1. The molecule has 0 fully saturated rings. The van der Waals surface area contributed by atoms with Crippen molar-refractivity contribution in [3.63, 3.8) is 0 Å². The van der Waals surface area contributed by atoms with E-state index in [1.807, 2.05) is 19.9 Å². The number of imidazole rings is 1. The van der Waals surface area contributed by atoms with Crippen LogP contribution in [0.3, 0.4) is 0 Å². The molecular weight excluding hydrogens is 304 g/mol. The predicted octanol–water partition coefficient (Wildman–Crippen LogP) is 3.12. The zero-order chi connectivity index (χ0) is 12.6. The second-order valence-electron chi connectivity index (χ2n) is 3.75. The molecule has 6 heteroatoms. The van der Waals surface area contributed by atoms with Gasteiger partial charge in [-0.25, -0.2) is 4.98 Å². The Balaban J connectivity index is 2.43. The summed E-state index contributed by atoms with van der Waals surface area (Å²) < 4.78 is 0.964. The minimum Gasteiger partial charge on any atom is -0.481 e. The summed E-state index contributed by atoms with van der Waals surface area (Å²) in [6.45, 7) is 4.06. The van der Waals surface area contributed by atoms with Gasteiger partial charge in [0.15, 0.2) is 5.16 Å². The van der Waals surface area contributed by atoms with Crippen molar-refractivity contribution in [3.8, 4) is 0 Å². The Kier molecular flexibility index (Phi) is 3.44. The molecule has 0 atom stereocenters. The van der Waals surface area contributed by atoms with Gasteiger partial charge in [0.2, 0.25) is 0 Å². The number of carbonyl (C=O) groups is 1. The van der Waals surface area contributed by atoms with E-state index in [-0.39, 0.29) is 5.75 Å². The predicted molar refractivity (Wildman–Crippen MR) is 71.6 cm³/mol. The summed E-state index contributed by atoms with van der Waals surface area (Å²) in [7, 11) is 0. The van der Waals surface area contributed by atoms with Crippen LogP contribution in [0.5, 0.6) is 0 Å². The number of nitrogens with one attached hydrogen (secondary N) is 1. The maximum Gasteiger partial charge on any atom is 0.313 e. The average molecular weight is 315 g/mol. The molecule has 1 heterocycles. The molecule has 0 aliphatic rings. The van der Waals surface area contributed by atoms with Crippen LogP contribution in [0.15, 0.2) is 15.7 Å². The van der Waals surface area contributed by atoms with Gasteiger partial charge in [-0.2, -0.15) is 0 Å². The average Bonchev–Trinajstić information content (AvgIpc) is 2.66. The van der Waals surface area contributed by atoms with E-state index in [0.29, 0.717) is 5.16 Å². The SMILES string of the molecule is Cc1cc2[nH]c(SCC(=O)O)nc2c(Br)c1C. The molecule has 0 aliphatic carbocycles. The molecule has 90 valence electrons. The first-order chi connectivity index (χ1) is 7.99. The van der Waals surface area contributed by atoms with Crippen molar-refractivity contribution in [2.45, 2.75) is 19.0 Å². The molecule has 0 unspecified atom stereocenters. The van der Waals surface area contributed by atoms with Crippen molar-refractivity contribution in [1.29, 1.82) is 0 Å². The lowest BCUT2D eigenvalue weighted by Crippen LogP contribution is -1.97. The Hall–Kier alpha value is -1.01. The number of carboxylic acid groups (broad SMARTS) is 1. The number of aliphatic carboxylic acids is 1. The highest BCUT2D eigenvalue weighted by atomic mass is 79.9. The van der Waals surface area contributed by atoms with E-state index in [1.165, 1.54) is 17.3 Å². The molecule has 0 aliphatic heterocycles. The first-order valence-corrected chi connectivity index (χ1v) is 6.77. The second kappa shape index (κ2) is 4.70. The summed E-state index contributed by atoms with van der Waals surface area (Å²) in [5.74, 6) is -0.836. The monoisotopic (exact) mass is 314 g/mol. The third-order valence-electron chi connectivity index (χ3n) is 2.53. The molecule has 4 nitrogen and oxygen atoms in total. The number of aryl methyl sites for hydroxylation is 1. The van der Waals surface area contributed by atoms with Gasteiger partial charge in [-0.15, -0.1) is 0 Å². The minimum atomic E-state index is -0.845. The lowest BCUT2D eigenvalue weighted by atomic mass is 10.1. The summed E-state index contributed by atoms with van der Waals surface area (Å²) in [5, 5.41) is 9.25. The maximum atomic E-state index is 10.5. The van der Waals surface area contributed by atoms with E-state index in [4.69, 9.17) is 5.11 Å². The van der Waals surface area contributed by atoms with Gasteiger partial charge >= 0.3 is 5.97 Å². The highest BCUT2D eigenvalue weighted by Gasteiger charge is 2.11. The van der Waals surface area contributed by atoms with E-state index in [1.54, 1.807) is 0 Å². The number of aromatic nitrogens is 2. The van der Waals surface area contributed by atoms with E-state index in [2.05, 4.69) is 25.9 Å². The van der Waals surface area contributed by atoms with Crippen LogP contribution in [-0.2, 0) is 4.79 Å². The summed E-state index contributed by atoms with van der Waals surface area (Å²) >= 11 is 4.70. The van der Waals surface area contributed by atoms with E-state index in [0.717, 1.165) is 21.1 Å². The number of rotatable bonds is 3. The van der Waals surface area contributed by atoms with Crippen molar-refractivity contribution < 1.29 is 9.90 Å². The van der Waals surface area contributed by atoms with Crippen LogP contribution in [0.2, 0.25) is 0 Å². The molecule has 0 saturated heterocycles. The molecule has 1 aromatic heterocycles. The summed E-state index contributed by atoms with van der Waals surface area (Å²) in [6.07, 6.45) is 0. The van der Waals surface area contributed by atoms with Gasteiger partial charge in [0, 0.05) is 4.47 Å². The Labute approximate surface area is 111 Å².